The van der Waals surface area contributed by atoms with Crippen molar-refractivity contribution >= 4 is 17.3 Å². The molecule has 2 heteroatoms. The average Bonchev–Trinajstić information content (AvgIpc) is 2.15. The van der Waals surface area contributed by atoms with Gasteiger partial charge in [-0.2, -0.15) is 0 Å². The molecule has 0 N–H and O–H groups in total. The molecule has 1 heterocycles. The second kappa shape index (κ2) is 1.49. The molecule has 40 valence electrons. The molecule has 1 aliphatic heterocycles. The number of aliphatic imine (C=N–C) groups is 1. The Morgan fingerprint density at radius 2 is 2.62 bits per heavy atom. The van der Waals surface area contributed by atoms with Crippen molar-refractivity contribution in [3.05, 3.63) is 23.1 Å². The lowest BCUT2D eigenvalue weighted by Crippen LogP contribution is -1.89. The van der Waals surface area contributed by atoms with E-state index in [-0.39, 0.29) is 0 Å². The van der Waals surface area contributed by atoms with Gasteiger partial charge in [-0.1, -0.05) is 30.0 Å². The molecule has 0 amide bonds. The Morgan fingerprint density at radius 1 is 1.62 bits per heavy atom. The van der Waals surface area contributed by atoms with Crippen LogP contribution < -0.4 is 0 Å². The predicted octanol–water partition coefficient (Wildman–Crippen LogP) is 1.58. The third-order valence-electron chi connectivity index (χ3n) is 1.26. The van der Waals surface area contributed by atoms with Gasteiger partial charge in [0.1, 0.15) is 6.04 Å². The first kappa shape index (κ1) is 4.39. The lowest BCUT2D eigenvalue weighted by molar-refractivity contribution is 1.05. The predicted molar refractivity (Wildman–Crippen MR) is 37.1 cm³/mol. The summed E-state index contributed by atoms with van der Waals surface area (Å²) in [7, 11) is 0. The van der Waals surface area contributed by atoms with Gasteiger partial charge in [0.05, 0.1) is 5.55 Å². The first-order valence-corrected chi connectivity index (χ1v) is 3.41. The van der Waals surface area contributed by atoms with Gasteiger partial charge in [0.15, 0.2) is 0 Å². The number of thioether (sulfide) groups is 1. The number of allylic oxidation sites excluding steroid dienone is 2. The van der Waals surface area contributed by atoms with E-state index in [1.54, 1.807) is 11.8 Å². The second-order valence-corrected chi connectivity index (χ2v) is 2.69. The van der Waals surface area contributed by atoms with Gasteiger partial charge < -0.3 is 0 Å². The van der Waals surface area contributed by atoms with Crippen molar-refractivity contribution in [2.24, 2.45) is 4.99 Å². The number of nitrogens with zero attached hydrogens (tertiary/aromatic N) is 1. The van der Waals surface area contributed by atoms with Gasteiger partial charge in [0.2, 0.25) is 0 Å². The fraction of sp³-hybridized carbons (Fsp3) is 0.167. The van der Waals surface area contributed by atoms with Crippen LogP contribution in [0.2, 0.25) is 0 Å². The average molecular weight is 123 g/mol. The van der Waals surface area contributed by atoms with E-state index < -0.39 is 0 Å². The van der Waals surface area contributed by atoms with Crippen LogP contribution in [-0.4, -0.2) is 11.6 Å². The quantitative estimate of drug-likeness (QED) is 0.476. The van der Waals surface area contributed by atoms with Crippen LogP contribution in [0.25, 0.3) is 0 Å². The van der Waals surface area contributed by atoms with Crippen LogP contribution in [0.3, 0.4) is 0 Å². The number of rotatable bonds is 0. The maximum atomic E-state index is 4.18. The smallest absolute Gasteiger partial charge is 0.100 e. The van der Waals surface area contributed by atoms with E-state index in [9.17, 15) is 0 Å². The molecule has 0 radical (unpaired) electrons. The summed E-state index contributed by atoms with van der Waals surface area (Å²) in [6, 6.07) is 0.389. The molecule has 8 heavy (non-hydrogen) atoms. The maximum absolute atomic E-state index is 4.18. The Kier molecular flexibility index (Phi) is 0.815. The lowest BCUT2D eigenvalue weighted by Gasteiger charge is -1.92. The summed E-state index contributed by atoms with van der Waals surface area (Å²) >= 11 is 1.72. The molecule has 2 aliphatic rings. The minimum Gasteiger partial charge on any atom is -0.273 e. The van der Waals surface area contributed by atoms with Crippen molar-refractivity contribution < 1.29 is 0 Å². The molecule has 0 saturated carbocycles. The zero-order chi connectivity index (χ0) is 5.40. The highest BCUT2D eigenvalue weighted by Gasteiger charge is 2.16. The monoisotopic (exact) mass is 123 g/mol. The largest absolute Gasteiger partial charge is 0.273 e. The van der Waals surface area contributed by atoms with Gasteiger partial charge in [0.25, 0.3) is 0 Å². The first-order chi connectivity index (χ1) is 3.97. The molecule has 1 unspecified atom stereocenters. The molecular formula is C6H5NS. The third kappa shape index (κ3) is 0.464. The maximum Gasteiger partial charge on any atom is 0.100 e. The molecule has 0 fully saturated rings. The van der Waals surface area contributed by atoms with Crippen molar-refractivity contribution in [2.45, 2.75) is 6.04 Å². The molecule has 0 aromatic heterocycles. The van der Waals surface area contributed by atoms with Crippen LogP contribution in [0.5, 0.6) is 0 Å². The van der Waals surface area contributed by atoms with Crippen LogP contribution in [0.1, 0.15) is 0 Å². The minimum absolute atomic E-state index is 0.389. The molecule has 1 aliphatic carbocycles. The Balaban J connectivity index is 2.39. The van der Waals surface area contributed by atoms with E-state index in [0.29, 0.717) is 6.04 Å². The van der Waals surface area contributed by atoms with Crippen molar-refractivity contribution in [1.29, 1.82) is 0 Å². The minimum atomic E-state index is 0.389. The fourth-order valence-corrected chi connectivity index (χ4v) is 1.59. The Labute approximate surface area is 52.2 Å². The van der Waals surface area contributed by atoms with Crippen molar-refractivity contribution in [3.8, 4) is 0 Å². The molecule has 1 nitrogen and oxygen atoms in total. The summed E-state index contributed by atoms with van der Waals surface area (Å²) in [6.07, 6.45) is 6.28. The second-order valence-electron chi connectivity index (χ2n) is 1.77. The molecule has 0 aromatic carbocycles. The highest BCUT2D eigenvalue weighted by atomic mass is 32.2. The van der Waals surface area contributed by atoms with Crippen LogP contribution in [0, 0.1) is 0 Å². The van der Waals surface area contributed by atoms with Gasteiger partial charge in [-0.15, -0.1) is 0 Å². The summed E-state index contributed by atoms with van der Waals surface area (Å²) < 4.78 is 0. The van der Waals surface area contributed by atoms with E-state index in [4.69, 9.17) is 0 Å². The highest BCUT2D eigenvalue weighted by Crippen LogP contribution is 2.30. The zero-order valence-corrected chi connectivity index (χ0v) is 5.06. The molecule has 2 rings (SSSR count). The van der Waals surface area contributed by atoms with E-state index in [1.165, 1.54) is 4.91 Å². The summed E-state index contributed by atoms with van der Waals surface area (Å²) in [5, 5.41) is 0. The standard InChI is InChI=1S/C6H5NS/c1-2-5-6(3-1)8-4-7-5/h1-5H. The molecule has 0 bridgehead atoms. The van der Waals surface area contributed by atoms with Gasteiger partial charge in [0, 0.05) is 4.91 Å². The van der Waals surface area contributed by atoms with E-state index in [2.05, 4.69) is 23.2 Å². The summed E-state index contributed by atoms with van der Waals surface area (Å²) in [5.41, 5.74) is 1.90. The summed E-state index contributed by atoms with van der Waals surface area (Å²) in [4.78, 5) is 5.55. The van der Waals surface area contributed by atoms with Crippen LogP contribution in [0.4, 0.5) is 0 Å². The first-order valence-electron chi connectivity index (χ1n) is 2.53. The fourth-order valence-electron chi connectivity index (χ4n) is 0.838. The SMILES string of the molecule is C1=CC2N=CSC2=C1. The van der Waals surface area contributed by atoms with E-state index in [1.807, 2.05) is 5.55 Å². The van der Waals surface area contributed by atoms with Gasteiger partial charge in [-0.3, -0.25) is 4.99 Å². The van der Waals surface area contributed by atoms with Crippen molar-refractivity contribution in [2.75, 3.05) is 0 Å². The molecule has 1 atom stereocenters. The Morgan fingerprint density at radius 3 is 3.50 bits per heavy atom. The Bertz CT molecular complexity index is 191. The summed E-state index contributed by atoms with van der Waals surface area (Å²) in [5.74, 6) is 0. The summed E-state index contributed by atoms with van der Waals surface area (Å²) in [6.45, 7) is 0. The molecular weight excluding hydrogens is 118 g/mol. The molecule has 0 aromatic rings. The van der Waals surface area contributed by atoms with Crippen LogP contribution >= 0.6 is 11.8 Å². The van der Waals surface area contributed by atoms with Gasteiger partial charge in [-0.05, 0) is 0 Å². The number of hydrogen-bond acceptors (Lipinski definition) is 2. The third-order valence-corrected chi connectivity index (χ3v) is 2.13. The zero-order valence-electron chi connectivity index (χ0n) is 4.24. The lowest BCUT2D eigenvalue weighted by atomic mass is 10.3. The topological polar surface area (TPSA) is 12.4 Å². The van der Waals surface area contributed by atoms with Crippen molar-refractivity contribution in [3.63, 3.8) is 0 Å². The van der Waals surface area contributed by atoms with Crippen molar-refractivity contribution in [1.82, 2.24) is 0 Å². The van der Waals surface area contributed by atoms with E-state index >= 15 is 0 Å². The van der Waals surface area contributed by atoms with Gasteiger partial charge >= 0.3 is 0 Å². The number of hydrogen-bond donors (Lipinski definition) is 0. The van der Waals surface area contributed by atoms with E-state index in [0.717, 1.165) is 0 Å². The van der Waals surface area contributed by atoms with Crippen LogP contribution in [-0.2, 0) is 0 Å². The number of fused-ring (bicyclic) bond motifs is 1. The highest BCUT2D eigenvalue weighted by molar-refractivity contribution is 8.15. The Hall–Kier alpha value is -0.500. The molecule has 0 saturated heterocycles. The molecule has 0 spiro atoms. The van der Waals surface area contributed by atoms with Gasteiger partial charge in [-0.25, -0.2) is 0 Å². The van der Waals surface area contributed by atoms with Crippen LogP contribution in [0.15, 0.2) is 28.1 Å². The normalized spacial score (nSPS) is 31.0.